The molecule has 0 spiro atoms. The molecule has 182 valence electrons. The van der Waals surface area contributed by atoms with Crippen LogP contribution in [-0.2, 0) is 4.74 Å². The van der Waals surface area contributed by atoms with E-state index in [1.807, 2.05) is 0 Å². The number of hydrogen-bond acceptors (Lipinski definition) is 7. The van der Waals surface area contributed by atoms with Gasteiger partial charge in [-0.3, -0.25) is 0 Å². The number of ether oxygens (including phenoxy) is 1. The fraction of sp³-hybridized carbons (Fsp3) is 0.273. The smallest absolute Gasteiger partial charge is 0.194 e. The Labute approximate surface area is 195 Å². The number of nitrogens with zero attached hydrogens (tertiary/aromatic N) is 6. The van der Waals surface area contributed by atoms with Crippen molar-refractivity contribution in [1.82, 2.24) is 29.8 Å². The highest BCUT2D eigenvalue weighted by Crippen LogP contribution is 2.38. The van der Waals surface area contributed by atoms with Gasteiger partial charge < -0.3 is 14.9 Å². The van der Waals surface area contributed by atoms with E-state index in [1.165, 1.54) is 40.1 Å². The van der Waals surface area contributed by atoms with Crippen molar-refractivity contribution < 1.29 is 32.5 Å². The van der Waals surface area contributed by atoms with Gasteiger partial charge in [-0.25, -0.2) is 31.9 Å². The molecule has 0 saturated carbocycles. The predicted molar refractivity (Wildman–Crippen MR) is 111 cm³/mol. The van der Waals surface area contributed by atoms with Crippen LogP contribution in [0.2, 0.25) is 0 Å². The van der Waals surface area contributed by atoms with Gasteiger partial charge in [-0.05, 0) is 30.3 Å². The van der Waals surface area contributed by atoms with E-state index in [0.717, 1.165) is 12.1 Å². The van der Waals surface area contributed by atoms with Crippen LogP contribution in [0.15, 0.2) is 48.9 Å². The van der Waals surface area contributed by atoms with Crippen LogP contribution in [0.1, 0.15) is 24.4 Å². The van der Waals surface area contributed by atoms with Gasteiger partial charge in [-0.1, -0.05) is 11.3 Å². The van der Waals surface area contributed by atoms with Crippen molar-refractivity contribution in [2.24, 2.45) is 0 Å². The second-order valence-electron chi connectivity index (χ2n) is 7.99. The van der Waals surface area contributed by atoms with E-state index in [0.29, 0.717) is 11.5 Å². The minimum absolute atomic E-state index is 0.0431. The summed E-state index contributed by atoms with van der Waals surface area (Å²) in [6.07, 6.45) is -0.347. The largest absolute Gasteiger partial charge is 0.394 e. The molecule has 35 heavy (non-hydrogen) atoms. The van der Waals surface area contributed by atoms with Gasteiger partial charge in [0.05, 0.1) is 24.5 Å². The zero-order valence-electron chi connectivity index (χ0n) is 17.8. The quantitative estimate of drug-likeness (QED) is 0.327. The van der Waals surface area contributed by atoms with Gasteiger partial charge in [0, 0.05) is 12.0 Å². The average Bonchev–Trinajstić information content (AvgIpc) is 3.53. The Morgan fingerprint density at radius 3 is 2.57 bits per heavy atom. The first-order valence-electron chi connectivity index (χ1n) is 10.5. The molecule has 0 aliphatic carbocycles. The van der Waals surface area contributed by atoms with E-state index >= 15 is 0 Å². The van der Waals surface area contributed by atoms with Crippen LogP contribution >= 0.6 is 0 Å². The maximum atomic E-state index is 13.8. The Morgan fingerprint density at radius 2 is 1.86 bits per heavy atom. The van der Waals surface area contributed by atoms with Crippen LogP contribution < -0.4 is 0 Å². The van der Waals surface area contributed by atoms with E-state index in [1.54, 1.807) is 6.07 Å². The number of hydrogen-bond donors (Lipinski definition) is 2. The van der Waals surface area contributed by atoms with Crippen LogP contribution in [0, 0.1) is 23.3 Å². The number of aliphatic hydroxyl groups excluding tert-OH is 2. The summed E-state index contributed by atoms with van der Waals surface area (Å²) in [7, 11) is 0. The summed E-state index contributed by atoms with van der Waals surface area (Å²) in [6, 6.07) is 6.47. The van der Waals surface area contributed by atoms with Gasteiger partial charge in [0.2, 0.25) is 0 Å². The summed E-state index contributed by atoms with van der Waals surface area (Å²) >= 11 is 0. The Hall–Kier alpha value is -3.68. The Morgan fingerprint density at radius 1 is 1.09 bits per heavy atom. The zero-order valence-corrected chi connectivity index (χ0v) is 17.8. The molecule has 0 bridgehead atoms. The van der Waals surface area contributed by atoms with Crippen molar-refractivity contribution in [2.45, 2.75) is 30.8 Å². The molecule has 1 fully saturated rings. The fourth-order valence-electron chi connectivity index (χ4n) is 4.09. The molecule has 2 N–H and O–H groups in total. The number of rotatable bonds is 5. The highest BCUT2D eigenvalue weighted by molar-refractivity contribution is 5.57. The van der Waals surface area contributed by atoms with Crippen LogP contribution in [-0.4, -0.2) is 58.8 Å². The molecule has 13 heteroatoms. The summed E-state index contributed by atoms with van der Waals surface area (Å²) in [6.45, 7) is -0.530. The first kappa shape index (κ1) is 23.1. The summed E-state index contributed by atoms with van der Waals surface area (Å²) in [5.74, 6) is -4.53. The molecule has 5 rings (SSSR count). The van der Waals surface area contributed by atoms with Gasteiger partial charge in [-0.2, -0.15) is 5.10 Å². The van der Waals surface area contributed by atoms with Crippen molar-refractivity contribution in [1.29, 1.82) is 0 Å². The van der Waals surface area contributed by atoms with Crippen molar-refractivity contribution in [3.63, 3.8) is 0 Å². The van der Waals surface area contributed by atoms with Crippen LogP contribution in [0.25, 0.3) is 16.9 Å². The third-order valence-corrected chi connectivity index (χ3v) is 5.79. The molecule has 0 radical (unpaired) electrons. The first-order chi connectivity index (χ1) is 16.9. The normalized spacial score (nSPS) is 22.5. The Bertz CT molecular complexity index is 1340. The average molecular weight is 490 g/mol. The third-order valence-electron chi connectivity index (χ3n) is 5.79. The minimum Gasteiger partial charge on any atom is -0.394 e. The standard InChI is InChI=1S/C22H18F4N6O3/c23-12-2-1-3-13(6-12)32-22(27-10-28-32)18-7-17(21(34)19(9-33)35-18)31-8-16(29-30-31)11-4-14(24)20(26)15(25)5-11/h1-6,8,10,17-19,21,33-34H,7,9H2. The molecule has 4 unspecified atom stereocenters. The SMILES string of the molecule is OCC1OC(c2ncnn2-c2cccc(F)c2)CC(n2cc(-c3cc(F)c(F)c(F)c3)nn2)C1O. The van der Waals surface area contributed by atoms with Crippen LogP contribution in [0.5, 0.6) is 0 Å². The molecule has 2 aromatic heterocycles. The molecular formula is C22H18F4N6O3. The lowest BCUT2D eigenvalue weighted by atomic mass is 9.95. The molecule has 1 aliphatic rings. The van der Waals surface area contributed by atoms with Gasteiger partial charge in [0.1, 0.15) is 36.2 Å². The minimum atomic E-state index is -1.60. The van der Waals surface area contributed by atoms with E-state index in [2.05, 4.69) is 20.4 Å². The lowest BCUT2D eigenvalue weighted by Gasteiger charge is -2.38. The Kier molecular flexibility index (Phi) is 6.05. The highest BCUT2D eigenvalue weighted by atomic mass is 19.2. The molecular weight excluding hydrogens is 472 g/mol. The van der Waals surface area contributed by atoms with E-state index in [4.69, 9.17) is 4.74 Å². The van der Waals surface area contributed by atoms with Gasteiger partial charge in [0.25, 0.3) is 0 Å². The molecule has 4 aromatic rings. The van der Waals surface area contributed by atoms with Gasteiger partial charge >= 0.3 is 0 Å². The fourth-order valence-corrected chi connectivity index (χ4v) is 4.09. The van der Waals surface area contributed by atoms with Gasteiger partial charge in [0.15, 0.2) is 23.3 Å². The molecule has 1 saturated heterocycles. The second-order valence-corrected chi connectivity index (χ2v) is 7.99. The maximum absolute atomic E-state index is 13.8. The number of aromatic nitrogens is 6. The van der Waals surface area contributed by atoms with Crippen LogP contribution in [0.3, 0.4) is 0 Å². The lowest BCUT2D eigenvalue weighted by molar-refractivity contribution is -0.161. The predicted octanol–water partition coefficient (Wildman–Crippen LogP) is 2.51. The van der Waals surface area contributed by atoms with Crippen molar-refractivity contribution >= 4 is 0 Å². The summed E-state index contributed by atoms with van der Waals surface area (Å²) in [5, 5.41) is 32.6. The monoisotopic (exact) mass is 490 g/mol. The first-order valence-corrected chi connectivity index (χ1v) is 10.5. The van der Waals surface area contributed by atoms with Crippen LogP contribution in [0.4, 0.5) is 17.6 Å². The Balaban J connectivity index is 1.47. The van der Waals surface area contributed by atoms with Crippen molar-refractivity contribution in [3.05, 3.63) is 78.0 Å². The van der Waals surface area contributed by atoms with E-state index in [-0.39, 0.29) is 17.7 Å². The summed E-state index contributed by atoms with van der Waals surface area (Å²) in [4.78, 5) is 4.23. The molecule has 0 amide bonds. The summed E-state index contributed by atoms with van der Waals surface area (Å²) < 4.78 is 62.9. The lowest BCUT2D eigenvalue weighted by Crippen LogP contribution is -2.45. The topological polar surface area (TPSA) is 111 Å². The zero-order chi connectivity index (χ0) is 24.7. The molecule has 2 aromatic carbocycles. The molecule has 3 heterocycles. The number of benzene rings is 2. The van der Waals surface area contributed by atoms with Crippen molar-refractivity contribution in [3.8, 4) is 16.9 Å². The maximum Gasteiger partial charge on any atom is 0.194 e. The third kappa shape index (κ3) is 4.29. The highest BCUT2D eigenvalue weighted by Gasteiger charge is 2.41. The number of halogens is 4. The van der Waals surface area contributed by atoms with E-state index in [9.17, 15) is 27.8 Å². The number of aliphatic hydroxyl groups is 2. The van der Waals surface area contributed by atoms with Crippen molar-refractivity contribution in [2.75, 3.05) is 6.61 Å². The second kappa shape index (κ2) is 9.17. The summed E-state index contributed by atoms with van der Waals surface area (Å²) in [5.41, 5.74) is 0.393. The molecule has 9 nitrogen and oxygen atoms in total. The molecule has 1 aliphatic heterocycles. The van der Waals surface area contributed by atoms with Gasteiger partial charge in [-0.15, -0.1) is 5.10 Å². The van der Waals surface area contributed by atoms with E-state index < -0.39 is 54.2 Å². The molecule has 4 atom stereocenters.